The van der Waals surface area contributed by atoms with E-state index in [1.54, 1.807) is 30.3 Å². The van der Waals surface area contributed by atoms with Gasteiger partial charge in [-0.2, -0.15) is 0 Å². The fourth-order valence-electron chi connectivity index (χ4n) is 1.82. The quantitative estimate of drug-likeness (QED) is 0.610. The summed E-state index contributed by atoms with van der Waals surface area (Å²) in [6.45, 7) is 0. The summed E-state index contributed by atoms with van der Waals surface area (Å²) in [5.41, 5.74) is 0.612. The second-order valence-corrected chi connectivity index (χ2v) is 5.85. The molecule has 3 nitrogen and oxygen atoms in total. The summed E-state index contributed by atoms with van der Waals surface area (Å²) in [5.74, 6) is 0.173. The van der Waals surface area contributed by atoms with Crippen LogP contribution in [-0.4, -0.2) is 4.98 Å². The molecule has 0 fully saturated rings. The highest BCUT2D eigenvalue weighted by atomic mass is 79.9. The molecule has 0 amide bonds. The third-order valence-corrected chi connectivity index (χ3v) is 3.79. The number of aromatic nitrogens is 1. The second kappa shape index (κ2) is 5.20. The summed E-state index contributed by atoms with van der Waals surface area (Å²) >= 11 is 15.3. The van der Waals surface area contributed by atoms with E-state index in [0.29, 0.717) is 26.5 Å². The van der Waals surface area contributed by atoms with Crippen molar-refractivity contribution in [3.8, 4) is 11.5 Å². The molecule has 0 unspecified atom stereocenters. The Labute approximate surface area is 132 Å². The van der Waals surface area contributed by atoms with E-state index in [1.807, 2.05) is 6.07 Å². The number of fused-ring (bicyclic) bond motifs is 1. The maximum atomic E-state index is 12.0. The molecular formula is C14H6BrCl2NO2. The van der Waals surface area contributed by atoms with Crippen LogP contribution in [0.3, 0.4) is 0 Å². The Morgan fingerprint density at radius 3 is 2.65 bits per heavy atom. The van der Waals surface area contributed by atoms with Gasteiger partial charge in [0, 0.05) is 9.50 Å². The molecule has 0 spiro atoms. The van der Waals surface area contributed by atoms with Gasteiger partial charge in [-0.1, -0.05) is 39.1 Å². The zero-order chi connectivity index (χ0) is 14.3. The molecule has 3 rings (SSSR count). The molecule has 0 aliphatic rings. The van der Waals surface area contributed by atoms with Crippen LogP contribution < -0.4 is 5.63 Å². The summed E-state index contributed by atoms with van der Waals surface area (Å²) in [6.07, 6.45) is 0. The van der Waals surface area contributed by atoms with Gasteiger partial charge in [0.05, 0.1) is 21.5 Å². The largest absolute Gasteiger partial charge is 0.403 e. The van der Waals surface area contributed by atoms with Crippen molar-refractivity contribution in [2.75, 3.05) is 0 Å². The predicted octanol–water partition coefficient (Wildman–Crippen LogP) is 4.92. The molecule has 0 saturated carbocycles. The minimum Gasteiger partial charge on any atom is -0.403 e. The van der Waals surface area contributed by atoms with Gasteiger partial charge >= 0.3 is 5.63 Å². The van der Waals surface area contributed by atoms with Gasteiger partial charge in [0.25, 0.3) is 0 Å². The standard InChI is InChI=1S/C14H6BrCl2NO2/c15-7-1-4-12-10(5-7)14(19)20-13(18-12)9-3-2-8(16)6-11(9)17/h1-6H. The molecule has 100 valence electrons. The number of halogens is 3. The molecule has 0 atom stereocenters. The van der Waals surface area contributed by atoms with Crippen molar-refractivity contribution in [2.45, 2.75) is 0 Å². The Morgan fingerprint density at radius 2 is 1.90 bits per heavy atom. The first-order chi connectivity index (χ1) is 9.54. The van der Waals surface area contributed by atoms with Crippen LogP contribution in [0.25, 0.3) is 22.4 Å². The lowest BCUT2D eigenvalue weighted by molar-refractivity contribution is 0.518. The average molecular weight is 371 g/mol. The summed E-state index contributed by atoms with van der Waals surface area (Å²) in [7, 11) is 0. The molecule has 0 saturated heterocycles. The first-order valence-electron chi connectivity index (χ1n) is 5.60. The Hall–Kier alpha value is -1.36. The maximum Gasteiger partial charge on any atom is 0.347 e. The fraction of sp³-hybridized carbons (Fsp3) is 0. The van der Waals surface area contributed by atoms with E-state index in [4.69, 9.17) is 27.6 Å². The third kappa shape index (κ3) is 2.46. The third-order valence-electron chi connectivity index (χ3n) is 2.75. The minimum atomic E-state index is -0.461. The molecular weight excluding hydrogens is 365 g/mol. The molecule has 0 aliphatic carbocycles. The highest BCUT2D eigenvalue weighted by Crippen LogP contribution is 2.29. The topological polar surface area (TPSA) is 43.1 Å². The fourth-order valence-corrected chi connectivity index (χ4v) is 2.67. The normalized spacial score (nSPS) is 10.9. The lowest BCUT2D eigenvalue weighted by Gasteiger charge is -2.04. The Kier molecular flexibility index (Phi) is 3.54. The molecule has 0 aliphatic heterocycles. The lowest BCUT2D eigenvalue weighted by Crippen LogP contribution is -2.03. The van der Waals surface area contributed by atoms with E-state index < -0.39 is 5.63 Å². The first kappa shape index (κ1) is 13.6. The van der Waals surface area contributed by atoms with Gasteiger partial charge in [0.15, 0.2) is 0 Å². The van der Waals surface area contributed by atoms with Gasteiger partial charge in [-0.3, -0.25) is 0 Å². The number of benzene rings is 2. The zero-order valence-electron chi connectivity index (χ0n) is 9.86. The van der Waals surface area contributed by atoms with Crippen molar-refractivity contribution in [3.63, 3.8) is 0 Å². The molecule has 0 radical (unpaired) electrons. The zero-order valence-corrected chi connectivity index (χ0v) is 13.0. The molecule has 6 heteroatoms. The lowest BCUT2D eigenvalue weighted by atomic mass is 10.2. The van der Waals surface area contributed by atoms with E-state index in [0.717, 1.165) is 4.47 Å². The maximum absolute atomic E-state index is 12.0. The summed E-state index contributed by atoms with van der Waals surface area (Å²) < 4.78 is 6.03. The average Bonchev–Trinajstić information content (AvgIpc) is 2.39. The van der Waals surface area contributed by atoms with Crippen LogP contribution >= 0.6 is 39.1 Å². The SMILES string of the molecule is O=c1oc(-c2ccc(Cl)cc2Cl)nc2ccc(Br)cc12. The molecule has 1 aromatic heterocycles. The van der Waals surface area contributed by atoms with Crippen LogP contribution in [0.2, 0.25) is 10.0 Å². The molecule has 1 heterocycles. The van der Waals surface area contributed by atoms with Crippen molar-refractivity contribution in [1.29, 1.82) is 0 Å². The molecule has 3 aromatic rings. The number of hydrogen-bond donors (Lipinski definition) is 0. The summed E-state index contributed by atoms with van der Waals surface area (Å²) in [4.78, 5) is 16.3. The Balaban J connectivity index is 2.27. The van der Waals surface area contributed by atoms with Crippen LogP contribution in [0.15, 0.2) is 50.1 Å². The second-order valence-electron chi connectivity index (χ2n) is 4.09. The monoisotopic (exact) mass is 369 g/mol. The van der Waals surface area contributed by atoms with Crippen LogP contribution in [0.4, 0.5) is 0 Å². The summed E-state index contributed by atoms with van der Waals surface area (Å²) in [5, 5.41) is 1.30. The van der Waals surface area contributed by atoms with Crippen LogP contribution in [0.5, 0.6) is 0 Å². The van der Waals surface area contributed by atoms with E-state index in [-0.39, 0.29) is 5.89 Å². The van der Waals surface area contributed by atoms with Crippen LogP contribution in [0, 0.1) is 0 Å². The Bertz CT molecular complexity index is 877. The van der Waals surface area contributed by atoms with Gasteiger partial charge in [0.1, 0.15) is 0 Å². The Morgan fingerprint density at radius 1 is 1.10 bits per heavy atom. The van der Waals surface area contributed by atoms with Gasteiger partial charge in [0.2, 0.25) is 5.89 Å². The van der Waals surface area contributed by atoms with E-state index in [9.17, 15) is 4.79 Å². The molecule has 0 N–H and O–H groups in total. The number of rotatable bonds is 1. The first-order valence-corrected chi connectivity index (χ1v) is 7.15. The van der Waals surface area contributed by atoms with Gasteiger partial charge in [-0.05, 0) is 36.4 Å². The van der Waals surface area contributed by atoms with Gasteiger partial charge in [-0.15, -0.1) is 0 Å². The van der Waals surface area contributed by atoms with Gasteiger partial charge < -0.3 is 4.42 Å². The number of hydrogen-bond acceptors (Lipinski definition) is 3. The van der Waals surface area contributed by atoms with Crippen molar-refractivity contribution in [2.24, 2.45) is 0 Å². The molecule has 20 heavy (non-hydrogen) atoms. The smallest absolute Gasteiger partial charge is 0.347 e. The van der Waals surface area contributed by atoms with Crippen molar-refractivity contribution in [3.05, 3.63) is 61.3 Å². The molecule has 2 aromatic carbocycles. The minimum absolute atomic E-state index is 0.173. The predicted molar refractivity (Wildman–Crippen MR) is 83.4 cm³/mol. The van der Waals surface area contributed by atoms with E-state index in [1.165, 1.54) is 0 Å². The number of nitrogens with zero attached hydrogens (tertiary/aromatic N) is 1. The van der Waals surface area contributed by atoms with Crippen molar-refractivity contribution in [1.82, 2.24) is 4.98 Å². The summed E-state index contributed by atoms with van der Waals surface area (Å²) in [6, 6.07) is 10.1. The molecule has 0 bridgehead atoms. The highest BCUT2D eigenvalue weighted by molar-refractivity contribution is 9.10. The van der Waals surface area contributed by atoms with Crippen molar-refractivity contribution < 1.29 is 4.42 Å². The highest BCUT2D eigenvalue weighted by Gasteiger charge is 2.12. The van der Waals surface area contributed by atoms with Crippen LogP contribution in [-0.2, 0) is 0 Å². The van der Waals surface area contributed by atoms with E-state index >= 15 is 0 Å². The van der Waals surface area contributed by atoms with Crippen molar-refractivity contribution >= 4 is 50.0 Å². The van der Waals surface area contributed by atoms with E-state index in [2.05, 4.69) is 20.9 Å². The van der Waals surface area contributed by atoms with Gasteiger partial charge in [-0.25, -0.2) is 9.78 Å². The van der Waals surface area contributed by atoms with Crippen LogP contribution in [0.1, 0.15) is 0 Å².